The lowest BCUT2D eigenvalue weighted by molar-refractivity contribution is -0.128. The predicted molar refractivity (Wildman–Crippen MR) is 75.4 cm³/mol. The second kappa shape index (κ2) is 6.25. The molecular formula is C14H20N2OS. The minimum Gasteiger partial charge on any atom is -0.352 e. The van der Waals surface area contributed by atoms with E-state index in [1.165, 1.54) is 4.90 Å². The number of benzene rings is 1. The van der Waals surface area contributed by atoms with Gasteiger partial charge in [0.25, 0.3) is 0 Å². The van der Waals surface area contributed by atoms with E-state index in [1.807, 2.05) is 11.8 Å². The summed E-state index contributed by atoms with van der Waals surface area (Å²) in [6, 6.07) is 8.59. The first-order chi connectivity index (χ1) is 8.69. The van der Waals surface area contributed by atoms with Gasteiger partial charge in [0.05, 0.1) is 0 Å². The number of hydrogen-bond donors (Lipinski definition) is 2. The zero-order chi connectivity index (χ0) is 13.0. The molecule has 3 nitrogen and oxygen atoms in total. The molecule has 0 heterocycles. The van der Waals surface area contributed by atoms with Crippen LogP contribution in [0.4, 0.5) is 0 Å². The summed E-state index contributed by atoms with van der Waals surface area (Å²) in [6.07, 6.45) is 1.66. The van der Waals surface area contributed by atoms with Gasteiger partial charge in [-0.25, -0.2) is 0 Å². The van der Waals surface area contributed by atoms with Gasteiger partial charge < -0.3 is 11.1 Å². The Hall–Kier alpha value is -1.00. The quantitative estimate of drug-likeness (QED) is 0.801. The second-order valence-corrected chi connectivity index (χ2v) is 6.06. The van der Waals surface area contributed by atoms with E-state index in [-0.39, 0.29) is 17.9 Å². The molecule has 0 atom stereocenters. The van der Waals surface area contributed by atoms with Crippen LogP contribution in [0.3, 0.4) is 0 Å². The fourth-order valence-corrected chi connectivity index (χ4v) is 2.74. The molecule has 1 fully saturated rings. The van der Waals surface area contributed by atoms with Crippen molar-refractivity contribution in [3.05, 3.63) is 29.8 Å². The van der Waals surface area contributed by atoms with Crippen molar-refractivity contribution < 1.29 is 4.79 Å². The highest BCUT2D eigenvalue weighted by Gasteiger charge is 2.31. The highest BCUT2D eigenvalue weighted by molar-refractivity contribution is 7.99. The Kier molecular flexibility index (Phi) is 4.66. The molecule has 0 unspecified atom stereocenters. The highest BCUT2D eigenvalue weighted by atomic mass is 32.2. The number of thioether (sulfide) groups is 1. The van der Waals surface area contributed by atoms with Gasteiger partial charge >= 0.3 is 0 Å². The van der Waals surface area contributed by atoms with Gasteiger partial charge in [-0.2, -0.15) is 0 Å². The van der Waals surface area contributed by atoms with Crippen molar-refractivity contribution in [1.29, 1.82) is 0 Å². The minimum absolute atomic E-state index is 0.134. The van der Waals surface area contributed by atoms with Crippen molar-refractivity contribution >= 4 is 17.7 Å². The fraction of sp³-hybridized carbons (Fsp3) is 0.500. The molecular weight excluding hydrogens is 244 g/mol. The van der Waals surface area contributed by atoms with Crippen LogP contribution in [0.1, 0.15) is 25.3 Å². The van der Waals surface area contributed by atoms with E-state index in [1.54, 1.807) is 0 Å². The molecule has 0 aliphatic heterocycles. The third-order valence-corrected chi connectivity index (χ3v) is 4.14. The highest BCUT2D eigenvalue weighted by Crippen LogP contribution is 2.25. The Bertz CT molecular complexity index is 399. The first kappa shape index (κ1) is 13.4. The number of amides is 1. The third kappa shape index (κ3) is 3.50. The molecule has 1 amide bonds. The van der Waals surface area contributed by atoms with E-state index in [4.69, 9.17) is 5.73 Å². The van der Waals surface area contributed by atoms with Crippen LogP contribution in [0.5, 0.6) is 0 Å². The summed E-state index contributed by atoms with van der Waals surface area (Å²) in [5.74, 6) is 1.36. The van der Waals surface area contributed by atoms with Gasteiger partial charge in [-0.05, 0) is 36.3 Å². The lowest BCUT2D eigenvalue weighted by Crippen LogP contribution is -2.44. The fourth-order valence-electron chi connectivity index (χ4n) is 2.08. The molecule has 0 spiro atoms. The van der Waals surface area contributed by atoms with Crippen molar-refractivity contribution in [2.75, 3.05) is 5.75 Å². The Labute approximate surface area is 113 Å². The molecule has 2 rings (SSSR count). The van der Waals surface area contributed by atoms with Crippen molar-refractivity contribution in [2.24, 2.45) is 11.7 Å². The molecule has 18 heavy (non-hydrogen) atoms. The van der Waals surface area contributed by atoms with Gasteiger partial charge in [-0.1, -0.05) is 19.1 Å². The normalized spacial score (nSPS) is 22.3. The number of nitrogens with one attached hydrogen (secondary N) is 1. The SMILES string of the molecule is CCSc1ccc(CNC(=O)C2CC(N)C2)cc1. The summed E-state index contributed by atoms with van der Waals surface area (Å²) in [5, 5.41) is 2.97. The molecule has 1 aromatic rings. The van der Waals surface area contributed by atoms with E-state index in [0.29, 0.717) is 6.54 Å². The molecule has 3 N–H and O–H groups in total. The van der Waals surface area contributed by atoms with Crippen LogP contribution in [0.15, 0.2) is 29.2 Å². The molecule has 0 bridgehead atoms. The molecule has 1 saturated carbocycles. The largest absolute Gasteiger partial charge is 0.352 e. The van der Waals surface area contributed by atoms with E-state index < -0.39 is 0 Å². The maximum Gasteiger partial charge on any atom is 0.223 e. The summed E-state index contributed by atoms with van der Waals surface area (Å²) in [6.45, 7) is 2.75. The standard InChI is InChI=1S/C14H20N2OS/c1-2-18-13-5-3-10(4-6-13)9-16-14(17)11-7-12(15)8-11/h3-6,11-12H,2,7-9,15H2,1H3,(H,16,17). The van der Waals surface area contributed by atoms with E-state index in [9.17, 15) is 4.79 Å². The smallest absolute Gasteiger partial charge is 0.223 e. The van der Waals surface area contributed by atoms with Crippen molar-refractivity contribution in [2.45, 2.75) is 37.2 Å². The van der Waals surface area contributed by atoms with Crippen LogP contribution in [0.2, 0.25) is 0 Å². The third-order valence-electron chi connectivity index (χ3n) is 3.25. The van der Waals surface area contributed by atoms with E-state index >= 15 is 0 Å². The summed E-state index contributed by atoms with van der Waals surface area (Å²) in [5.41, 5.74) is 6.82. The zero-order valence-corrected chi connectivity index (χ0v) is 11.5. The van der Waals surface area contributed by atoms with Crippen LogP contribution in [-0.4, -0.2) is 17.7 Å². The average Bonchev–Trinajstić information content (AvgIpc) is 2.34. The number of carbonyl (C=O) groups excluding carboxylic acids is 1. The predicted octanol–water partition coefficient (Wildman–Crippen LogP) is 2.15. The number of rotatable bonds is 5. The van der Waals surface area contributed by atoms with Gasteiger partial charge in [0.15, 0.2) is 0 Å². The lowest BCUT2D eigenvalue weighted by Gasteiger charge is -2.31. The van der Waals surface area contributed by atoms with Gasteiger partial charge in [0.1, 0.15) is 0 Å². The number of nitrogens with two attached hydrogens (primary N) is 1. The minimum atomic E-state index is 0.134. The van der Waals surface area contributed by atoms with E-state index in [0.717, 1.165) is 24.2 Å². The van der Waals surface area contributed by atoms with Gasteiger partial charge in [0, 0.05) is 23.4 Å². The summed E-state index contributed by atoms with van der Waals surface area (Å²) >= 11 is 1.83. The monoisotopic (exact) mass is 264 g/mol. The molecule has 1 aliphatic rings. The maximum atomic E-state index is 11.7. The van der Waals surface area contributed by atoms with Gasteiger partial charge in [0.2, 0.25) is 5.91 Å². The summed E-state index contributed by atoms with van der Waals surface area (Å²) < 4.78 is 0. The number of carbonyl (C=O) groups is 1. The molecule has 4 heteroatoms. The number of hydrogen-bond acceptors (Lipinski definition) is 3. The Balaban J connectivity index is 1.77. The molecule has 98 valence electrons. The zero-order valence-electron chi connectivity index (χ0n) is 10.7. The lowest BCUT2D eigenvalue weighted by atomic mass is 9.80. The van der Waals surface area contributed by atoms with Crippen LogP contribution in [0, 0.1) is 5.92 Å². The average molecular weight is 264 g/mol. The van der Waals surface area contributed by atoms with Crippen LogP contribution in [0.25, 0.3) is 0 Å². The van der Waals surface area contributed by atoms with Gasteiger partial charge in [-0.15, -0.1) is 11.8 Å². The summed E-state index contributed by atoms with van der Waals surface area (Å²) in [4.78, 5) is 13.0. The molecule has 1 aliphatic carbocycles. The van der Waals surface area contributed by atoms with Crippen LogP contribution < -0.4 is 11.1 Å². The van der Waals surface area contributed by atoms with Crippen LogP contribution in [-0.2, 0) is 11.3 Å². The van der Waals surface area contributed by atoms with Crippen molar-refractivity contribution in [1.82, 2.24) is 5.32 Å². The van der Waals surface area contributed by atoms with E-state index in [2.05, 4.69) is 36.5 Å². The van der Waals surface area contributed by atoms with Crippen LogP contribution >= 0.6 is 11.8 Å². The van der Waals surface area contributed by atoms with Gasteiger partial charge in [-0.3, -0.25) is 4.79 Å². The molecule has 0 radical (unpaired) electrons. The first-order valence-electron chi connectivity index (χ1n) is 6.44. The topological polar surface area (TPSA) is 55.1 Å². The Morgan fingerprint density at radius 1 is 1.39 bits per heavy atom. The van der Waals surface area contributed by atoms with Crippen molar-refractivity contribution in [3.8, 4) is 0 Å². The Morgan fingerprint density at radius 3 is 2.61 bits per heavy atom. The molecule has 1 aromatic carbocycles. The summed E-state index contributed by atoms with van der Waals surface area (Å²) in [7, 11) is 0. The first-order valence-corrected chi connectivity index (χ1v) is 7.42. The Morgan fingerprint density at radius 2 is 2.06 bits per heavy atom. The second-order valence-electron chi connectivity index (χ2n) is 4.72. The molecule has 0 aromatic heterocycles. The van der Waals surface area contributed by atoms with Crippen molar-refractivity contribution in [3.63, 3.8) is 0 Å². The molecule has 0 saturated heterocycles. The maximum absolute atomic E-state index is 11.7.